The van der Waals surface area contributed by atoms with Crippen molar-refractivity contribution < 1.29 is 13.2 Å². The van der Waals surface area contributed by atoms with E-state index in [9.17, 15) is 13.2 Å². The minimum absolute atomic E-state index is 0.0933. The molecular weight excluding hydrogens is 338 g/mol. The Hall–Kier alpha value is -2.85. The van der Waals surface area contributed by atoms with Gasteiger partial charge in [0.15, 0.2) is 0 Å². The quantitative estimate of drug-likeness (QED) is 0.794. The van der Waals surface area contributed by atoms with Crippen LogP contribution >= 0.6 is 0 Å². The van der Waals surface area contributed by atoms with E-state index in [-0.39, 0.29) is 17.2 Å². The summed E-state index contributed by atoms with van der Waals surface area (Å²) in [5.74, 6) is -0.0933. The highest BCUT2D eigenvalue weighted by Crippen LogP contribution is 2.17. The number of hydrogen-bond acceptors (Lipinski definition) is 4. The number of nitrogens with one attached hydrogen (secondary N) is 2. The molecule has 0 atom stereocenters. The lowest BCUT2D eigenvalue weighted by Gasteiger charge is -2.09. The van der Waals surface area contributed by atoms with Crippen LogP contribution in [0.5, 0.6) is 0 Å². The second-order valence-electron chi connectivity index (χ2n) is 5.51. The zero-order chi connectivity index (χ0) is 18.3. The molecule has 6 nitrogen and oxygen atoms in total. The van der Waals surface area contributed by atoms with Gasteiger partial charge in [-0.15, -0.1) is 0 Å². The summed E-state index contributed by atoms with van der Waals surface area (Å²) in [6.45, 7) is 1.96. The predicted molar refractivity (Wildman–Crippen MR) is 95.4 cm³/mol. The minimum Gasteiger partial charge on any atom is -0.356 e. The van der Waals surface area contributed by atoms with Gasteiger partial charge < -0.3 is 5.32 Å². The van der Waals surface area contributed by atoms with E-state index in [0.29, 0.717) is 18.7 Å². The standard InChI is InChI=1S/C18H19N3O3S/c1-14(22)20-13-11-16-4-8-18(9-5-16)25(23,24)21-17-6-2-15(3-7-17)10-12-19/h2-9,21H,10-11,13H2,1H3,(H,20,22). The second-order valence-corrected chi connectivity index (χ2v) is 7.20. The van der Waals surface area contributed by atoms with Crippen LogP contribution in [-0.2, 0) is 27.7 Å². The van der Waals surface area contributed by atoms with Crippen molar-refractivity contribution in [2.75, 3.05) is 11.3 Å². The van der Waals surface area contributed by atoms with E-state index in [1.807, 2.05) is 6.07 Å². The van der Waals surface area contributed by atoms with E-state index < -0.39 is 10.0 Å². The SMILES string of the molecule is CC(=O)NCCc1ccc(S(=O)(=O)Nc2ccc(CC#N)cc2)cc1. The fraction of sp³-hybridized carbons (Fsp3) is 0.222. The summed E-state index contributed by atoms with van der Waals surface area (Å²) >= 11 is 0. The van der Waals surface area contributed by atoms with E-state index in [0.717, 1.165) is 11.1 Å². The maximum absolute atomic E-state index is 12.4. The molecule has 0 saturated heterocycles. The van der Waals surface area contributed by atoms with Crippen molar-refractivity contribution in [1.29, 1.82) is 5.26 Å². The minimum atomic E-state index is -3.67. The number of benzene rings is 2. The van der Waals surface area contributed by atoms with E-state index in [1.165, 1.54) is 19.1 Å². The normalized spacial score (nSPS) is 10.7. The van der Waals surface area contributed by atoms with Gasteiger partial charge in [-0.1, -0.05) is 24.3 Å². The molecule has 25 heavy (non-hydrogen) atoms. The fourth-order valence-electron chi connectivity index (χ4n) is 2.21. The lowest BCUT2D eigenvalue weighted by Crippen LogP contribution is -2.22. The highest BCUT2D eigenvalue weighted by molar-refractivity contribution is 7.92. The van der Waals surface area contributed by atoms with Gasteiger partial charge in [0.05, 0.1) is 17.4 Å². The monoisotopic (exact) mass is 357 g/mol. The third-order valence-electron chi connectivity index (χ3n) is 3.51. The van der Waals surface area contributed by atoms with Crippen LogP contribution in [0.15, 0.2) is 53.4 Å². The van der Waals surface area contributed by atoms with Gasteiger partial charge in [-0.2, -0.15) is 5.26 Å². The van der Waals surface area contributed by atoms with Crippen LogP contribution in [0.1, 0.15) is 18.1 Å². The number of hydrogen-bond donors (Lipinski definition) is 2. The molecule has 0 aliphatic carbocycles. The van der Waals surface area contributed by atoms with E-state index >= 15 is 0 Å². The van der Waals surface area contributed by atoms with Gasteiger partial charge in [0.2, 0.25) is 5.91 Å². The van der Waals surface area contributed by atoms with Crippen molar-refractivity contribution >= 4 is 21.6 Å². The average molecular weight is 357 g/mol. The third kappa shape index (κ3) is 5.62. The van der Waals surface area contributed by atoms with Crippen LogP contribution in [-0.4, -0.2) is 20.9 Å². The molecular formula is C18H19N3O3S. The van der Waals surface area contributed by atoms with Crippen molar-refractivity contribution in [3.63, 3.8) is 0 Å². The maximum atomic E-state index is 12.4. The Morgan fingerprint density at radius 3 is 2.20 bits per heavy atom. The molecule has 130 valence electrons. The van der Waals surface area contributed by atoms with Crippen molar-refractivity contribution in [1.82, 2.24) is 5.32 Å². The Morgan fingerprint density at radius 1 is 1.04 bits per heavy atom. The van der Waals surface area contributed by atoms with Gasteiger partial charge in [-0.3, -0.25) is 9.52 Å². The maximum Gasteiger partial charge on any atom is 0.261 e. The Bertz CT molecular complexity index is 867. The number of carbonyl (C=O) groups is 1. The van der Waals surface area contributed by atoms with Gasteiger partial charge in [0.1, 0.15) is 0 Å². The molecule has 0 aliphatic heterocycles. The third-order valence-corrected chi connectivity index (χ3v) is 4.91. The largest absolute Gasteiger partial charge is 0.356 e. The molecule has 2 rings (SSSR count). The summed E-state index contributed by atoms with van der Waals surface area (Å²) in [6.07, 6.45) is 0.917. The molecule has 0 unspecified atom stereocenters. The first-order valence-corrected chi connectivity index (χ1v) is 9.21. The zero-order valence-corrected chi connectivity index (χ0v) is 14.6. The highest BCUT2D eigenvalue weighted by Gasteiger charge is 2.14. The number of amides is 1. The highest BCUT2D eigenvalue weighted by atomic mass is 32.2. The van der Waals surface area contributed by atoms with Crippen LogP contribution < -0.4 is 10.0 Å². The summed E-state index contributed by atoms with van der Waals surface area (Å²) in [7, 11) is -3.67. The fourth-order valence-corrected chi connectivity index (χ4v) is 3.27. The Kier molecular flexibility index (Phi) is 6.14. The van der Waals surface area contributed by atoms with E-state index in [2.05, 4.69) is 10.0 Å². The summed E-state index contributed by atoms with van der Waals surface area (Å²) < 4.78 is 27.3. The van der Waals surface area contributed by atoms with Gasteiger partial charge >= 0.3 is 0 Å². The smallest absolute Gasteiger partial charge is 0.261 e. The molecule has 0 bridgehead atoms. The Labute approximate surface area is 147 Å². The Balaban J connectivity index is 2.03. The lowest BCUT2D eigenvalue weighted by molar-refractivity contribution is -0.118. The predicted octanol–water partition coefficient (Wildman–Crippen LogP) is 2.23. The molecule has 0 fully saturated rings. The topological polar surface area (TPSA) is 99.1 Å². The molecule has 0 radical (unpaired) electrons. The summed E-state index contributed by atoms with van der Waals surface area (Å²) in [5.41, 5.74) is 2.21. The summed E-state index contributed by atoms with van der Waals surface area (Å²) in [5, 5.41) is 11.3. The molecule has 0 aliphatic rings. The lowest BCUT2D eigenvalue weighted by atomic mass is 10.1. The average Bonchev–Trinajstić information content (AvgIpc) is 2.57. The van der Waals surface area contributed by atoms with E-state index in [4.69, 9.17) is 5.26 Å². The molecule has 2 aromatic carbocycles. The molecule has 0 heterocycles. The molecule has 2 N–H and O–H groups in total. The molecule has 1 amide bonds. The second kappa shape index (κ2) is 8.31. The first-order valence-electron chi connectivity index (χ1n) is 7.73. The first-order chi connectivity index (χ1) is 11.9. The zero-order valence-electron chi connectivity index (χ0n) is 13.8. The summed E-state index contributed by atoms with van der Waals surface area (Å²) in [4.78, 5) is 11.0. The van der Waals surface area contributed by atoms with Crippen molar-refractivity contribution in [2.24, 2.45) is 0 Å². The number of carbonyl (C=O) groups excluding carboxylic acids is 1. The number of nitriles is 1. The molecule has 0 aromatic heterocycles. The number of rotatable bonds is 7. The molecule has 7 heteroatoms. The van der Waals surface area contributed by atoms with Crippen molar-refractivity contribution in [3.8, 4) is 6.07 Å². The molecule has 0 saturated carbocycles. The molecule has 2 aromatic rings. The van der Waals surface area contributed by atoms with Gasteiger partial charge in [0.25, 0.3) is 10.0 Å². The van der Waals surface area contributed by atoms with Gasteiger partial charge in [-0.25, -0.2) is 8.42 Å². The van der Waals surface area contributed by atoms with Crippen LogP contribution in [0, 0.1) is 11.3 Å². The van der Waals surface area contributed by atoms with Crippen LogP contribution in [0.2, 0.25) is 0 Å². The van der Waals surface area contributed by atoms with Crippen LogP contribution in [0.3, 0.4) is 0 Å². The Morgan fingerprint density at radius 2 is 1.64 bits per heavy atom. The summed E-state index contributed by atoms with van der Waals surface area (Å²) in [6, 6.07) is 15.3. The first kappa shape index (κ1) is 18.5. The van der Waals surface area contributed by atoms with Gasteiger partial charge in [-0.05, 0) is 41.8 Å². The number of nitrogens with zero attached hydrogens (tertiary/aromatic N) is 1. The molecule has 0 spiro atoms. The van der Waals surface area contributed by atoms with Crippen LogP contribution in [0.4, 0.5) is 5.69 Å². The van der Waals surface area contributed by atoms with Crippen molar-refractivity contribution in [3.05, 3.63) is 59.7 Å². The number of sulfonamides is 1. The van der Waals surface area contributed by atoms with Gasteiger partial charge in [0, 0.05) is 19.2 Å². The van der Waals surface area contributed by atoms with E-state index in [1.54, 1.807) is 36.4 Å². The number of anilines is 1. The van der Waals surface area contributed by atoms with Crippen molar-refractivity contribution in [2.45, 2.75) is 24.7 Å². The van der Waals surface area contributed by atoms with Crippen LogP contribution in [0.25, 0.3) is 0 Å².